The van der Waals surface area contributed by atoms with Gasteiger partial charge in [-0.1, -0.05) is 29.4 Å². The minimum atomic E-state index is -4.51. The van der Waals surface area contributed by atoms with Crippen molar-refractivity contribution in [1.29, 1.82) is 0 Å². The molecular formula is C13H9F3N2O3. The fourth-order valence-corrected chi connectivity index (χ4v) is 1.79. The Hall–Kier alpha value is -2.64. The van der Waals surface area contributed by atoms with Crippen LogP contribution in [0.3, 0.4) is 0 Å². The molecule has 0 saturated carbocycles. The smallest absolute Gasteiger partial charge is 0.354 e. The minimum absolute atomic E-state index is 0.0104. The Kier molecular flexibility index (Phi) is 3.79. The Morgan fingerprint density at radius 2 is 1.95 bits per heavy atom. The summed E-state index contributed by atoms with van der Waals surface area (Å²) >= 11 is 0. The van der Waals surface area contributed by atoms with E-state index in [0.717, 1.165) is 18.2 Å². The van der Waals surface area contributed by atoms with E-state index >= 15 is 0 Å². The molecule has 0 aliphatic rings. The Balaban J connectivity index is 2.42. The number of benzene rings is 1. The summed E-state index contributed by atoms with van der Waals surface area (Å²) in [7, 11) is 0. The molecule has 1 aromatic heterocycles. The normalized spacial score (nSPS) is 12.0. The highest BCUT2D eigenvalue weighted by Crippen LogP contribution is 2.33. The van der Waals surface area contributed by atoms with Gasteiger partial charge in [-0.05, 0) is 17.7 Å². The van der Waals surface area contributed by atoms with Crippen molar-refractivity contribution in [2.24, 2.45) is 0 Å². The first-order valence-electron chi connectivity index (χ1n) is 5.75. The van der Waals surface area contributed by atoms with Gasteiger partial charge in [0.05, 0.1) is 10.5 Å². The molecule has 0 atom stereocenters. The predicted molar refractivity (Wildman–Crippen MR) is 68.3 cm³/mol. The summed E-state index contributed by atoms with van der Waals surface area (Å²) in [6.45, 7) is 1.35. The zero-order chi connectivity index (χ0) is 15.6. The highest BCUT2D eigenvalue weighted by molar-refractivity contribution is 5.73. The SMILES string of the molecule is Cc1onc(C=Cc2ccccc2C(F)(F)F)c1[N+](=O)[O-]. The molecule has 0 bridgehead atoms. The molecule has 0 amide bonds. The average Bonchev–Trinajstić information content (AvgIpc) is 2.77. The fraction of sp³-hybridized carbons (Fsp3) is 0.154. The maximum Gasteiger partial charge on any atom is 0.416 e. The highest BCUT2D eigenvalue weighted by Gasteiger charge is 2.32. The maximum absolute atomic E-state index is 12.8. The first-order chi connectivity index (χ1) is 9.80. The molecule has 21 heavy (non-hydrogen) atoms. The van der Waals surface area contributed by atoms with Crippen LogP contribution in [0, 0.1) is 17.0 Å². The number of hydrogen-bond donors (Lipinski definition) is 0. The second kappa shape index (κ2) is 5.39. The van der Waals surface area contributed by atoms with Gasteiger partial charge in [-0.25, -0.2) is 0 Å². The third-order valence-corrected chi connectivity index (χ3v) is 2.73. The van der Waals surface area contributed by atoms with Crippen LogP contribution in [0.2, 0.25) is 0 Å². The molecule has 1 heterocycles. The molecule has 110 valence electrons. The topological polar surface area (TPSA) is 69.2 Å². The van der Waals surface area contributed by atoms with Crippen molar-refractivity contribution in [2.75, 3.05) is 0 Å². The van der Waals surface area contributed by atoms with Crippen LogP contribution < -0.4 is 0 Å². The van der Waals surface area contributed by atoms with Crippen molar-refractivity contribution in [3.8, 4) is 0 Å². The summed E-state index contributed by atoms with van der Waals surface area (Å²) in [5, 5.41) is 14.3. The van der Waals surface area contributed by atoms with Gasteiger partial charge in [-0.2, -0.15) is 13.2 Å². The summed E-state index contributed by atoms with van der Waals surface area (Å²) in [5.41, 5.74) is -1.44. The van der Waals surface area contributed by atoms with E-state index in [1.807, 2.05) is 0 Å². The summed E-state index contributed by atoms with van der Waals surface area (Å²) in [6.07, 6.45) is -2.26. The van der Waals surface area contributed by atoms with Crippen molar-refractivity contribution in [2.45, 2.75) is 13.1 Å². The summed E-state index contributed by atoms with van der Waals surface area (Å²) in [4.78, 5) is 10.1. The molecule has 0 radical (unpaired) electrons. The Labute approximate surface area is 116 Å². The zero-order valence-corrected chi connectivity index (χ0v) is 10.7. The lowest BCUT2D eigenvalue weighted by Crippen LogP contribution is -2.06. The molecule has 0 aliphatic carbocycles. The lowest BCUT2D eigenvalue weighted by Gasteiger charge is -2.09. The van der Waals surface area contributed by atoms with Crippen LogP contribution in [0.25, 0.3) is 12.2 Å². The number of aryl methyl sites for hydroxylation is 1. The first-order valence-corrected chi connectivity index (χ1v) is 5.75. The number of nitro groups is 1. The number of halogens is 3. The van der Waals surface area contributed by atoms with Gasteiger partial charge in [0.2, 0.25) is 5.76 Å². The third-order valence-electron chi connectivity index (χ3n) is 2.73. The minimum Gasteiger partial charge on any atom is -0.354 e. The van der Waals surface area contributed by atoms with Crippen LogP contribution in [0.1, 0.15) is 22.6 Å². The fourth-order valence-electron chi connectivity index (χ4n) is 1.79. The molecular weight excluding hydrogens is 289 g/mol. The van der Waals surface area contributed by atoms with Crippen LogP contribution in [0.5, 0.6) is 0 Å². The zero-order valence-electron chi connectivity index (χ0n) is 10.7. The van der Waals surface area contributed by atoms with Crippen LogP contribution >= 0.6 is 0 Å². The summed E-state index contributed by atoms with van der Waals surface area (Å²) in [6, 6.07) is 4.90. The number of hydrogen-bond acceptors (Lipinski definition) is 4. The Bertz CT molecular complexity index is 705. The maximum atomic E-state index is 12.8. The van der Waals surface area contributed by atoms with Crippen molar-refractivity contribution >= 4 is 17.8 Å². The molecule has 0 saturated heterocycles. The van der Waals surface area contributed by atoms with E-state index < -0.39 is 16.7 Å². The summed E-state index contributed by atoms with van der Waals surface area (Å²) in [5.74, 6) is -0.0104. The van der Waals surface area contributed by atoms with Gasteiger partial charge in [0.1, 0.15) is 0 Å². The standard InChI is InChI=1S/C13H9F3N2O3/c1-8-12(18(19)20)11(17-21-8)7-6-9-4-2-3-5-10(9)13(14,15)16/h2-7H,1H3. The second-order valence-corrected chi connectivity index (χ2v) is 4.15. The van der Waals surface area contributed by atoms with E-state index in [9.17, 15) is 23.3 Å². The van der Waals surface area contributed by atoms with Crippen LogP contribution in [-0.4, -0.2) is 10.1 Å². The molecule has 5 nitrogen and oxygen atoms in total. The van der Waals surface area contributed by atoms with Crippen molar-refractivity contribution in [3.05, 3.63) is 57.0 Å². The van der Waals surface area contributed by atoms with Crippen molar-refractivity contribution in [3.63, 3.8) is 0 Å². The van der Waals surface area contributed by atoms with Gasteiger partial charge in [0.25, 0.3) is 0 Å². The van der Waals surface area contributed by atoms with Crippen LogP contribution in [0.4, 0.5) is 18.9 Å². The molecule has 1 aromatic carbocycles. The van der Waals surface area contributed by atoms with E-state index in [4.69, 9.17) is 0 Å². The predicted octanol–water partition coefficient (Wildman–Crippen LogP) is 4.08. The number of aromatic nitrogens is 1. The molecule has 8 heteroatoms. The molecule has 0 N–H and O–H groups in total. The lowest BCUT2D eigenvalue weighted by molar-refractivity contribution is -0.386. The van der Waals surface area contributed by atoms with Crippen LogP contribution in [0.15, 0.2) is 28.8 Å². The van der Waals surface area contributed by atoms with Crippen molar-refractivity contribution < 1.29 is 22.6 Å². The van der Waals surface area contributed by atoms with Gasteiger partial charge in [0.15, 0.2) is 5.69 Å². The average molecular weight is 298 g/mol. The van der Waals surface area contributed by atoms with E-state index in [1.165, 1.54) is 25.1 Å². The van der Waals surface area contributed by atoms with Gasteiger partial charge >= 0.3 is 11.9 Å². The lowest BCUT2D eigenvalue weighted by atomic mass is 10.1. The first kappa shape index (κ1) is 14.8. The third kappa shape index (κ3) is 3.10. The Morgan fingerprint density at radius 3 is 2.57 bits per heavy atom. The number of rotatable bonds is 3. The highest BCUT2D eigenvalue weighted by atomic mass is 19.4. The number of alkyl halides is 3. The van der Waals surface area contributed by atoms with E-state index in [1.54, 1.807) is 0 Å². The van der Waals surface area contributed by atoms with Crippen LogP contribution in [-0.2, 0) is 6.18 Å². The van der Waals surface area contributed by atoms with Crippen molar-refractivity contribution in [1.82, 2.24) is 5.16 Å². The molecule has 0 fully saturated rings. The molecule has 0 spiro atoms. The van der Waals surface area contributed by atoms with E-state index in [-0.39, 0.29) is 22.7 Å². The quantitative estimate of drug-likeness (QED) is 0.632. The summed E-state index contributed by atoms with van der Waals surface area (Å²) < 4.78 is 43.1. The largest absolute Gasteiger partial charge is 0.416 e. The van der Waals surface area contributed by atoms with Gasteiger partial charge in [-0.15, -0.1) is 0 Å². The van der Waals surface area contributed by atoms with Gasteiger partial charge in [0, 0.05) is 6.92 Å². The molecule has 0 unspecified atom stereocenters. The molecule has 2 rings (SSSR count). The van der Waals surface area contributed by atoms with Gasteiger partial charge in [-0.3, -0.25) is 10.1 Å². The number of nitrogens with zero attached hydrogens (tertiary/aromatic N) is 2. The molecule has 2 aromatic rings. The monoisotopic (exact) mass is 298 g/mol. The van der Waals surface area contributed by atoms with E-state index in [0.29, 0.717) is 0 Å². The second-order valence-electron chi connectivity index (χ2n) is 4.15. The molecule has 0 aliphatic heterocycles. The van der Waals surface area contributed by atoms with Gasteiger partial charge < -0.3 is 4.52 Å². The Morgan fingerprint density at radius 1 is 1.29 bits per heavy atom. The van der Waals surface area contributed by atoms with E-state index in [2.05, 4.69) is 9.68 Å².